The van der Waals surface area contributed by atoms with Crippen molar-refractivity contribution < 1.29 is 9.53 Å². The van der Waals surface area contributed by atoms with Crippen molar-refractivity contribution in [2.24, 2.45) is 0 Å². The molecule has 6 rings (SSSR count). The SMILES string of the molecule is COc1ccc([C@H]2c3cccn3-c3sc4c(c3CN2C(=O)Nc2ccccc2Br)CCCC4)cc1. The number of thiophene rings is 1. The maximum Gasteiger partial charge on any atom is 0.323 e. The molecule has 1 aliphatic heterocycles. The lowest BCUT2D eigenvalue weighted by molar-refractivity contribution is 0.194. The van der Waals surface area contributed by atoms with E-state index in [9.17, 15) is 4.79 Å². The van der Waals surface area contributed by atoms with Gasteiger partial charge in [0.25, 0.3) is 0 Å². The van der Waals surface area contributed by atoms with Crippen LogP contribution in [0.1, 0.15) is 46.1 Å². The zero-order valence-corrected chi connectivity index (χ0v) is 21.9. The van der Waals surface area contributed by atoms with Gasteiger partial charge >= 0.3 is 6.03 Å². The van der Waals surface area contributed by atoms with Gasteiger partial charge in [0.15, 0.2) is 0 Å². The predicted molar refractivity (Wildman–Crippen MR) is 144 cm³/mol. The Morgan fingerprint density at radius 1 is 1.03 bits per heavy atom. The molecule has 3 heterocycles. The summed E-state index contributed by atoms with van der Waals surface area (Å²) in [6.45, 7) is 0.565. The second kappa shape index (κ2) is 9.21. The number of ether oxygens (including phenoxy) is 1. The number of urea groups is 1. The van der Waals surface area contributed by atoms with E-state index in [1.807, 2.05) is 52.6 Å². The molecule has 0 saturated heterocycles. The number of aromatic nitrogens is 1. The van der Waals surface area contributed by atoms with E-state index in [0.29, 0.717) is 6.54 Å². The summed E-state index contributed by atoms with van der Waals surface area (Å²) < 4.78 is 8.57. The first kappa shape index (κ1) is 22.4. The van der Waals surface area contributed by atoms with Crippen LogP contribution in [0.25, 0.3) is 5.00 Å². The Morgan fingerprint density at radius 3 is 2.63 bits per heavy atom. The van der Waals surface area contributed by atoms with E-state index in [-0.39, 0.29) is 12.1 Å². The van der Waals surface area contributed by atoms with E-state index in [1.54, 1.807) is 7.11 Å². The fourth-order valence-electron chi connectivity index (χ4n) is 5.27. The molecule has 4 aromatic rings. The summed E-state index contributed by atoms with van der Waals surface area (Å²) in [4.78, 5) is 17.4. The molecule has 0 spiro atoms. The number of anilines is 1. The van der Waals surface area contributed by atoms with E-state index in [2.05, 4.69) is 56.3 Å². The molecule has 178 valence electrons. The van der Waals surface area contributed by atoms with Crippen molar-refractivity contribution >= 4 is 39.0 Å². The molecule has 0 saturated carbocycles. The Kier molecular flexibility index (Phi) is 5.90. The second-order valence-electron chi connectivity index (χ2n) is 9.01. The first-order valence-corrected chi connectivity index (χ1v) is 13.5. The molecule has 1 aliphatic carbocycles. The normalized spacial score (nSPS) is 16.6. The van der Waals surface area contributed by atoms with Gasteiger partial charge in [-0.2, -0.15) is 0 Å². The van der Waals surface area contributed by atoms with Gasteiger partial charge < -0.3 is 19.5 Å². The molecule has 1 N–H and O–H groups in total. The number of carbonyl (C=O) groups excluding carboxylic acids is 1. The second-order valence-corrected chi connectivity index (χ2v) is 10.9. The Hall–Kier alpha value is -3.03. The van der Waals surface area contributed by atoms with Crippen molar-refractivity contribution in [2.75, 3.05) is 12.4 Å². The molecule has 0 bridgehead atoms. The number of nitrogens with one attached hydrogen (secondary N) is 1. The summed E-state index contributed by atoms with van der Waals surface area (Å²) in [5.41, 5.74) is 5.65. The lowest BCUT2D eigenvalue weighted by Crippen LogP contribution is -2.38. The number of hydrogen-bond donors (Lipinski definition) is 1. The number of para-hydroxylation sites is 1. The Balaban J connectivity index is 1.50. The van der Waals surface area contributed by atoms with E-state index in [4.69, 9.17) is 4.74 Å². The largest absolute Gasteiger partial charge is 0.497 e. The van der Waals surface area contributed by atoms with Crippen LogP contribution in [0.4, 0.5) is 10.5 Å². The topological polar surface area (TPSA) is 46.5 Å². The quantitative estimate of drug-likeness (QED) is 0.292. The summed E-state index contributed by atoms with van der Waals surface area (Å²) in [5.74, 6) is 0.801. The molecule has 35 heavy (non-hydrogen) atoms. The van der Waals surface area contributed by atoms with Gasteiger partial charge in [-0.15, -0.1) is 11.3 Å². The van der Waals surface area contributed by atoms with Crippen molar-refractivity contribution in [1.82, 2.24) is 9.47 Å². The minimum Gasteiger partial charge on any atom is -0.497 e. The number of amides is 2. The summed E-state index contributed by atoms with van der Waals surface area (Å²) >= 11 is 5.48. The number of hydrogen-bond acceptors (Lipinski definition) is 3. The first-order valence-electron chi connectivity index (χ1n) is 11.9. The van der Waals surface area contributed by atoms with Gasteiger partial charge in [0.2, 0.25) is 0 Å². The molecule has 2 amide bonds. The number of carbonyl (C=O) groups is 1. The van der Waals surface area contributed by atoms with Crippen LogP contribution < -0.4 is 10.1 Å². The molecule has 0 unspecified atom stereocenters. The first-order chi connectivity index (χ1) is 17.1. The lowest BCUT2D eigenvalue weighted by Gasteiger charge is -2.31. The number of benzene rings is 2. The summed E-state index contributed by atoms with van der Waals surface area (Å²) in [6.07, 6.45) is 6.81. The van der Waals surface area contributed by atoms with Gasteiger partial charge in [-0.3, -0.25) is 0 Å². The van der Waals surface area contributed by atoms with Crippen LogP contribution in [0.2, 0.25) is 0 Å². The van der Waals surface area contributed by atoms with Gasteiger partial charge in [-0.25, -0.2) is 4.79 Å². The Morgan fingerprint density at radius 2 is 1.83 bits per heavy atom. The minimum absolute atomic E-state index is 0.117. The third kappa shape index (κ3) is 3.96. The molecule has 1 atom stereocenters. The molecule has 2 aromatic heterocycles. The van der Waals surface area contributed by atoms with Crippen molar-refractivity contribution in [1.29, 1.82) is 0 Å². The summed E-state index contributed by atoms with van der Waals surface area (Å²) in [6, 6.07) is 19.7. The molecule has 5 nitrogen and oxygen atoms in total. The summed E-state index contributed by atoms with van der Waals surface area (Å²) in [5, 5.41) is 4.42. The van der Waals surface area contributed by atoms with E-state index in [1.165, 1.54) is 33.8 Å². The highest BCUT2D eigenvalue weighted by Crippen LogP contribution is 2.44. The van der Waals surface area contributed by atoms with Gasteiger partial charge in [-0.05, 0) is 89.1 Å². The molecule has 2 aliphatic rings. The number of halogens is 1. The fraction of sp³-hybridized carbons (Fsp3) is 0.250. The van der Waals surface area contributed by atoms with Crippen molar-refractivity contribution in [3.63, 3.8) is 0 Å². The number of rotatable bonds is 3. The average molecular weight is 549 g/mol. The number of methoxy groups -OCH3 is 1. The zero-order valence-electron chi connectivity index (χ0n) is 19.5. The highest BCUT2D eigenvalue weighted by Gasteiger charge is 2.36. The molecule has 0 fully saturated rings. The third-order valence-corrected chi connectivity index (χ3v) is 9.01. The van der Waals surface area contributed by atoms with E-state index in [0.717, 1.165) is 40.0 Å². The van der Waals surface area contributed by atoms with Crippen LogP contribution in [0.3, 0.4) is 0 Å². The lowest BCUT2D eigenvalue weighted by atomic mass is 9.95. The highest BCUT2D eigenvalue weighted by atomic mass is 79.9. The fourth-order valence-corrected chi connectivity index (χ4v) is 7.06. The summed E-state index contributed by atoms with van der Waals surface area (Å²) in [7, 11) is 1.67. The molecular weight excluding hydrogens is 522 g/mol. The van der Waals surface area contributed by atoms with Crippen LogP contribution >= 0.6 is 27.3 Å². The van der Waals surface area contributed by atoms with Crippen molar-refractivity contribution in [3.8, 4) is 10.8 Å². The van der Waals surface area contributed by atoms with Crippen LogP contribution in [0, 0.1) is 0 Å². The minimum atomic E-state index is -0.239. The average Bonchev–Trinajstić information content (AvgIpc) is 3.47. The Bertz CT molecular complexity index is 1390. The van der Waals surface area contributed by atoms with Gasteiger partial charge in [0.1, 0.15) is 10.8 Å². The van der Waals surface area contributed by atoms with Crippen LogP contribution in [0.5, 0.6) is 5.75 Å². The Labute approximate surface area is 217 Å². The number of aryl methyl sites for hydroxylation is 1. The number of fused-ring (bicyclic) bond motifs is 5. The standard InChI is InChI=1S/C28H26BrN3O2S/c1-34-19-14-12-18(13-15-19)26-24-10-6-16-31(24)27-21(20-7-2-5-11-25(20)35-27)17-32(26)28(33)30-23-9-4-3-8-22(23)29/h3-4,6,8-10,12-16,26H,2,5,7,11,17H2,1H3,(H,30,33)/t26-/m0/s1. The molecular formula is C28H26BrN3O2S. The predicted octanol–water partition coefficient (Wildman–Crippen LogP) is 7.33. The molecule has 0 radical (unpaired) electrons. The maximum atomic E-state index is 14.0. The van der Waals surface area contributed by atoms with E-state index >= 15 is 0 Å². The molecule has 2 aromatic carbocycles. The van der Waals surface area contributed by atoms with Gasteiger partial charge in [0, 0.05) is 21.1 Å². The monoisotopic (exact) mass is 547 g/mol. The van der Waals surface area contributed by atoms with Gasteiger partial charge in [-0.1, -0.05) is 24.3 Å². The van der Waals surface area contributed by atoms with Crippen LogP contribution in [-0.2, 0) is 19.4 Å². The third-order valence-electron chi connectivity index (χ3n) is 6.99. The van der Waals surface area contributed by atoms with Crippen molar-refractivity contribution in [2.45, 2.75) is 38.3 Å². The maximum absolute atomic E-state index is 14.0. The van der Waals surface area contributed by atoms with Crippen molar-refractivity contribution in [3.05, 3.63) is 98.6 Å². The highest BCUT2D eigenvalue weighted by molar-refractivity contribution is 9.10. The zero-order chi connectivity index (χ0) is 23.9. The van der Waals surface area contributed by atoms with Crippen LogP contribution in [-0.4, -0.2) is 22.6 Å². The smallest absolute Gasteiger partial charge is 0.323 e. The van der Waals surface area contributed by atoms with Gasteiger partial charge in [0.05, 0.1) is 31.1 Å². The van der Waals surface area contributed by atoms with E-state index < -0.39 is 0 Å². The number of nitrogens with zero attached hydrogens (tertiary/aromatic N) is 2. The molecule has 7 heteroatoms. The van der Waals surface area contributed by atoms with Crippen LogP contribution in [0.15, 0.2) is 71.3 Å².